The van der Waals surface area contributed by atoms with E-state index in [0.29, 0.717) is 13.0 Å². The summed E-state index contributed by atoms with van der Waals surface area (Å²) < 4.78 is 5.53. The number of carbonyl (C=O) groups excluding carboxylic acids is 1. The van der Waals surface area contributed by atoms with Gasteiger partial charge in [-0.15, -0.1) is 11.3 Å². The lowest BCUT2D eigenvalue weighted by atomic mass is 9.95. The maximum atomic E-state index is 12.3. The van der Waals surface area contributed by atoms with E-state index in [0.717, 1.165) is 36.4 Å². The van der Waals surface area contributed by atoms with Crippen LogP contribution in [0.15, 0.2) is 5.38 Å². The Labute approximate surface area is 142 Å². The molecule has 3 atom stereocenters. The number of hydrogen-bond acceptors (Lipinski definition) is 5. The predicted molar refractivity (Wildman–Crippen MR) is 91.5 cm³/mol. The van der Waals surface area contributed by atoms with Crippen LogP contribution in [0, 0.1) is 5.92 Å². The second kappa shape index (κ2) is 9.35. The van der Waals surface area contributed by atoms with Gasteiger partial charge in [-0.3, -0.25) is 4.79 Å². The van der Waals surface area contributed by atoms with Gasteiger partial charge in [-0.25, -0.2) is 4.98 Å². The summed E-state index contributed by atoms with van der Waals surface area (Å²) in [4.78, 5) is 16.8. The highest BCUT2D eigenvalue weighted by molar-refractivity contribution is 7.09. The van der Waals surface area contributed by atoms with Crippen molar-refractivity contribution in [3.8, 4) is 0 Å². The van der Waals surface area contributed by atoms with Crippen LogP contribution in [-0.2, 0) is 16.0 Å². The van der Waals surface area contributed by atoms with Crippen LogP contribution in [0.4, 0.5) is 0 Å². The molecule has 130 valence electrons. The van der Waals surface area contributed by atoms with Crippen molar-refractivity contribution in [1.82, 2.24) is 10.3 Å². The van der Waals surface area contributed by atoms with Gasteiger partial charge in [0.15, 0.2) is 0 Å². The first kappa shape index (κ1) is 18.4. The molecular formula is C17H28N2O3S. The Morgan fingerprint density at radius 1 is 1.48 bits per heavy atom. The number of ether oxygens (including phenoxy) is 1. The van der Waals surface area contributed by atoms with Gasteiger partial charge in [0.05, 0.1) is 12.1 Å². The summed E-state index contributed by atoms with van der Waals surface area (Å²) in [6.45, 7) is 4.74. The number of amides is 1. The summed E-state index contributed by atoms with van der Waals surface area (Å²) in [7, 11) is 0. The second-order valence-corrected chi connectivity index (χ2v) is 7.10. The van der Waals surface area contributed by atoms with Crippen LogP contribution in [0.2, 0.25) is 0 Å². The quantitative estimate of drug-likeness (QED) is 0.749. The van der Waals surface area contributed by atoms with E-state index in [4.69, 9.17) is 4.74 Å². The van der Waals surface area contributed by atoms with E-state index < -0.39 is 0 Å². The summed E-state index contributed by atoms with van der Waals surface area (Å²) in [6.07, 6.45) is 5.67. The lowest BCUT2D eigenvalue weighted by Gasteiger charge is -2.24. The molecule has 5 nitrogen and oxygen atoms in total. The maximum Gasteiger partial charge on any atom is 0.226 e. The van der Waals surface area contributed by atoms with E-state index >= 15 is 0 Å². The van der Waals surface area contributed by atoms with Crippen molar-refractivity contribution in [3.63, 3.8) is 0 Å². The first-order chi connectivity index (χ1) is 11.1. The molecule has 0 spiro atoms. The summed E-state index contributed by atoms with van der Waals surface area (Å²) in [5.41, 5.74) is 0.795. The molecule has 0 aromatic carbocycles. The van der Waals surface area contributed by atoms with Crippen molar-refractivity contribution in [3.05, 3.63) is 16.1 Å². The third-order valence-electron chi connectivity index (χ3n) is 4.42. The normalized spacial score (nSPS) is 23.3. The smallest absolute Gasteiger partial charge is 0.226 e. The largest absolute Gasteiger partial charge is 0.396 e. The molecule has 1 saturated carbocycles. The van der Waals surface area contributed by atoms with Crippen molar-refractivity contribution in [2.75, 3.05) is 13.2 Å². The van der Waals surface area contributed by atoms with Crippen LogP contribution >= 0.6 is 11.3 Å². The highest BCUT2D eigenvalue weighted by atomic mass is 32.1. The summed E-state index contributed by atoms with van der Waals surface area (Å²) in [5.74, 6) is 0.182. The number of aliphatic hydroxyl groups is 1. The average molecular weight is 340 g/mol. The molecule has 1 fully saturated rings. The van der Waals surface area contributed by atoms with E-state index in [1.54, 1.807) is 0 Å². The Hall–Kier alpha value is -0.980. The third-order valence-corrected chi connectivity index (χ3v) is 5.47. The summed E-state index contributed by atoms with van der Waals surface area (Å²) in [6, 6.07) is 0.0930. The molecule has 1 aromatic rings. The summed E-state index contributed by atoms with van der Waals surface area (Å²) >= 11 is 1.54. The van der Waals surface area contributed by atoms with Crippen LogP contribution in [0.3, 0.4) is 0 Å². The van der Waals surface area contributed by atoms with Gasteiger partial charge >= 0.3 is 0 Å². The molecule has 3 unspecified atom stereocenters. The molecule has 6 heteroatoms. The maximum absolute atomic E-state index is 12.3. The van der Waals surface area contributed by atoms with Gasteiger partial charge in [0, 0.05) is 30.6 Å². The third kappa shape index (κ3) is 5.55. The van der Waals surface area contributed by atoms with Crippen LogP contribution in [0.25, 0.3) is 0 Å². The van der Waals surface area contributed by atoms with E-state index in [1.165, 1.54) is 17.8 Å². The van der Waals surface area contributed by atoms with Gasteiger partial charge in [0.2, 0.25) is 5.91 Å². The zero-order valence-corrected chi connectivity index (χ0v) is 14.9. The second-order valence-electron chi connectivity index (χ2n) is 6.21. The zero-order valence-electron chi connectivity index (χ0n) is 14.1. The van der Waals surface area contributed by atoms with E-state index in [1.807, 2.05) is 19.2 Å². The lowest BCUT2D eigenvalue weighted by Crippen LogP contribution is -2.41. The molecule has 0 radical (unpaired) electrons. The van der Waals surface area contributed by atoms with Crippen LogP contribution in [0.5, 0.6) is 0 Å². The van der Waals surface area contributed by atoms with Crippen LogP contribution < -0.4 is 5.32 Å². The highest BCUT2D eigenvalue weighted by Crippen LogP contribution is 2.24. The Morgan fingerprint density at radius 2 is 2.26 bits per heavy atom. The first-order valence-corrected chi connectivity index (χ1v) is 9.48. The molecule has 23 heavy (non-hydrogen) atoms. The number of nitrogens with one attached hydrogen (secondary N) is 1. The predicted octanol–water partition coefficient (Wildman–Crippen LogP) is 2.84. The van der Waals surface area contributed by atoms with Gasteiger partial charge in [0.25, 0.3) is 0 Å². The van der Waals surface area contributed by atoms with Crippen molar-refractivity contribution in [2.45, 2.75) is 64.5 Å². The molecule has 2 N–H and O–H groups in total. The molecule has 0 aliphatic heterocycles. The average Bonchev–Trinajstić information content (AvgIpc) is 2.87. The van der Waals surface area contributed by atoms with Gasteiger partial charge in [-0.1, -0.05) is 19.3 Å². The van der Waals surface area contributed by atoms with Crippen LogP contribution in [-0.4, -0.2) is 35.3 Å². The minimum atomic E-state index is -0.0255. The SMILES string of the molecule is CCOC(C)c1nc(CC(=O)NC2CCCCCC2CO)cs1. The number of rotatable bonds is 7. The molecule has 1 aliphatic rings. The molecule has 1 heterocycles. The highest BCUT2D eigenvalue weighted by Gasteiger charge is 2.24. The zero-order chi connectivity index (χ0) is 16.7. The Kier molecular flexibility index (Phi) is 7.46. The van der Waals surface area contributed by atoms with Gasteiger partial charge in [-0.2, -0.15) is 0 Å². The lowest BCUT2D eigenvalue weighted by molar-refractivity contribution is -0.121. The van der Waals surface area contributed by atoms with Crippen LogP contribution in [0.1, 0.15) is 62.8 Å². The number of nitrogens with zero attached hydrogens (tertiary/aromatic N) is 1. The fraction of sp³-hybridized carbons (Fsp3) is 0.765. The number of hydrogen-bond donors (Lipinski definition) is 2. The Balaban J connectivity index is 1.88. The fourth-order valence-electron chi connectivity index (χ4n) is 3.13. The molecule has 1 amide bonds. The van der Waals surface area contributed by atoms with Crippen molar-refractivity contribution in [1.29, 1.82) is 0 Å². The molecule has 0 saturated heterocycles. The molecule has 2 rings (SSSR count). The number of aliphatic hydroxyl groups excluding tert-OH is 1. The van der Waals surface area contributed by atoms with Crippen molar-refractivity contribution in [2.24, 2.45) is 5.92 Å². The monoisotopic (exact) mass is 340 g/mol. The minimum Gasteiger partial charge on any atom is -0.396 e. The molecule has 0 bridgehead atoms. The number of aromatic nitrogens is 1. The molecule has 1 aromatic heterocycles. The molecular weight excluding hydrogens is 312 g/mol. The number of carbonyl (C=O) groups is 1. The van der Waals surface area contributed by atoms with Gasteiger partial charge in [0.1, 0.15) is 11.1 Å². The van der Waals surface area contributed by atoms with Gasteiger partial charge in [-0.05, 0) is 26.7 Å². The Bertz CT molecular complexity index is 492. The van der Waals surface area contributed by atoms with E-state index in [-0.39, 0.29) is 30.6 Å². The van der Waals surface area contributed by atoms with E-state index in [9.17, 15) is 9.90 Å². The van der Waals surface area contributed by atoms with Gasteiger partial charge < -0.3 is 15.2 Å². The topological polar surface area (TPSA) is 71.5 Å². The summed E-state index contributed by atoms with van der Waals surface area (Å²) in [5, 5.41) is 15.5. The first-order valence-electron chi connectivity index (χ1n) is 8.60. The van der Waals surface area contributed by atoms with E-state index in [2.05, 4.69) is 10.3 Å². The van der Waals surface area contributed by atoms with Crippen molar-refractivity contribution >= 4 is 17.2 Å². The standard InChI is InChI=1S/C17H28N2O3S/c1-3-22-12(2)17-18-14(11-23-17)9-16(21)19-15-8-6-4-5-7-13(15)10-20/h11-13,15,20H,3-10H2,1-2H3,(H,19,21). The number of thiazole rings is 1. The Morgan fingerprint density at radius 3 is 3.00 bits per heavy atom. The fourth-order valence-corrected chi connectivity index (χ4v) is 3.95. The minimum absolute atomic E-state index is 0.00346. The van der Waals surface area contributed by atoms with Crippen molar-refractivity contribution < 1.29 is 14.6 Å². The molecule has 1 aliphatic carbocycles.